The van der Waals surface area contributed by atoms with Gasteiger partial charge in [-0.05, 0) is 40.5 Å². The number of piperidine rings is 1. The van der Waals surface area contributed by atoms with Gasteiger partial charge in [0, 0.05) is 12.5 Å². The summed E-state index contributed by atoms with van der Waals surface area (Å²) in [4.78, 5) is 38.3. The number of carbonyl (C=O) groups is 3. The van der Waals surface area contributed by atoms with E-state index in [0.717, 1.165) is 0 Å². The van der Waals surface area contributed by atoms with Crippen LogP contribution in [0.3, 0.4) is 0 Å². The summed E-state index contributed by atoms with van der Waals surface area (Å²) < 4.78 is 10.2. The molecule has 118 valence electrons. The van der Waals surface area contributed by atoms with E-state index in [1.807, 2.05) is 0 Å². The number of esters is 1. The zero-order valence-electron chi connectivity index (χ0n) is 13.3. The number of nitrogens with zero attached hydrogens (tertiary/aromatic N) is 1. The third-order valence-corrected chi connectivity index (χ3v) is 4.31. The first kappa shape index (κ1) is 15.8. The van der Waals surface area contributed by atoms with Gasteiger partial charge in [0.2, 0.25) is 0 Å². The summed E-state index contributed by atoms with van der Waals surface area (Å²) >= 11 is 0. The third-order valence-electron chi connectivity index (χ3n) is 4.31. The Bertz CT molecular complexity index is 481. The van der Waals surface area contributed by atoms with Crippen molar-refractivity contribution in [2.75, 3.05) is 7.11 Å². The van der Waals surface area contributed by atoms with Crippen molar-refractivity contribution in [1.29, 1.82) is 0 Å². The number of methoxy groups -OCH3 is 1. The molecule has 0 aromatic heterocycles. The Hall–Kier alpha value is -1.59. The van der Waals surface area contributed by atoms with Crippen molar-refractivity contribution in [2.45, 2.75) is 64.1 Å². The number of ketones is 1. The second-order valence-electron chi connectivity index (χ2n) is 7.03. The van der Waals surface area contributed by atoms with Crippen LogP contribution in [0.5, 0.6) is 0 Å². The molecule has 2 saturated heterocycles. The molecule has 0 saturated carbocycles. The van der Waals surface area contributed by atoms with Crippen LogP contribution >= 0.6 is 0 Å². The minimum Gasteiger partial charge on any atom is -0.468 e. The fraction of sp³-hybridized carbons (Fsp3) is 0.800. The molecular weight excluding hydrogens is 274 g/mol. The minimum atomic E-state index is -0.922. The molecular formula is C15H23NO5. The summed E-state index contributed by atoms with van der Waals surface area (Å²) in [5.41, 5.74) is -1.47. The maximum absolute atomic E-state index is 12.5. The average Bonchev–Trinajstić information content (AvgIpc) is 2.57. The first-order valence-corrected chi connectivity index (χ1v) is 7.23. The number of ether oxygens (including phenoxy) is 2. The molecule has 0 aromatic carbocycles. The van der Waals surface area contributed by atoms with Crippen molar-refractivity contribution in [1.82, 2.24) is 4.90 Å². The summed E-state index contributed by atoms with van der Waals surface area (Å²) in [6.07, 6.45) is 1.03. The second-order valence-corrected chi connectivity index (χ2v) is 7.03. The predicted octanol–water partition coefficient (Wildman–Crippen LogP) is 1.91. The van der Waals surface area contributed by atoms with Crippen LogP contribution in [0.15, 0.2) is 0 Å². The van der Waals surface area contributed by atoms with Crippen molar-refractivity contribution in [2.24, 2.45) is 5.92 Å². The van der Waals surface area contributed by atoms with Crippen LogP contribution in [0.4, 0.5) is 4.79 Å². The van der Waals surface area contributed by atoms with Gasteiger partial charge >= 0.3 is 12.1 Å². The molecule has 6 nitrogen and oxygen atoms in total. The van der Waals surface area contributed by atoms with Gasteiger partial charge in [0.05, 0.1) is 12.6 Å². The SMILES string of the molecule is COC(=O)[C@H]1C(=O)C[C@@H]2CC[C@@]1(C)N2C(=O)OC(C)(C)C. The highest BCUT2D eigenvalue weighted by Gasteiger charge is 2.60. The van der Waals surface area contributed by atoms with Gasteiger partial charge in [0.1, 0.15) is 11.5 Å². The van der Waals surface area contributed by atoms with E-state index < -0.39 is 29.1 Å². The van der Waals surface area contributed by atoms with Crippen molar-refractivity contribution in [3.8, 4) is 0 Å². The molecule has 2 rings (SSSR count). The number of amides is 1. The zero-order chi connectivity index (χ0) is 16.0. The van der Waals surface area contributed by atoms with Crippen LogP contribution in [0, 0.1) is 5.92 Å². The van der Waals surface area contributed by atoms with E-state index in [1.54, 1.807) is 32.6 Å². The monoisotopic (exact) mass is 297 g/mol. The number of carbonyl (C=O) groups excluding carboxylic acids is 3. The maximum Gasteiger partial charge on any atom is 0.411 e. The quantitative estimate of drug-likeness (QED) is 0.546. The Balaban J connectivity index is 2.33. The van der Waals surface area contributed by atoms with Crippen LogP contribution < -0.4 is 0 Å². The molecule has 2 aliphatic rings. The Kier molecular flexibility index (Phi) is 3.76. The Morgan fingerprint density at radius 1 is 1.33 bits per heavy atom. The molecule has 0 unspecified atom stereocenters. The molecule has 1 amide bonds. The van der Waals surface area contributed by atoms with E-state index in [4.69, 9.17) is 9.47 Å². The molecule has 0 N–H and O–H groups in total. The number of fused-ring (bicyclic) bond motifs is 2. The van der Waals surface area contributed by atoms with Gasteiger partial charge in [-0.25, -0.2) is 4.79 Å². The normalized spacial score (nSPS) is 32.0. The molecule has 3 atom stereocenters. The highest BCUT2D eigenvalue weighted by molar-refractivity contribution is 6.02. The molecule has 0 aromatic rings. The van der Waals surface area contributed by atoms with E-state index in [1.165, 1.54) is 7.11 Å². The number of Topliss-reactive ketones (excluding diaryl/α,β-unsaturated/α-hetero) is 1. The van der Waals surface area contributed by atoms with E-state index in [9.17, 15) is 14.4 Å². The van der Waals surface area contributed by atoms with Gasteiger partial charge in [-0.2, -0.15) is 0 Å². The molecule has 21 heavy (non-hydrogen) atoms. The van der Waals surface area contributed by atoms with Crippen LogP contribution in [-0.2, 0) is 19.1 Å². The van der Waals surface area contributed by atoms with Crippen LogP contribution in [0.1, 0.15) is 47.0 Å². The van der Waals surface area contributed by atoms with Gasteiger partial charge in [-0.15, -0.1) is 0 Å². The molecule has 2 fully saturated rings. The van der Waals surface area contributed by atoms with E-state index >= 15 is 0 Å². The number of hydrogen-bond acceptors (Lipinski definition) is 5. The molecule has 2 bridgehead atoms. The minimum absolute atomic E-state index is 0.147. The number of rotatable bonds is 1. The van der Waals surface area contributed by atoms with Gasteiger partial charge in [0.15, 0.2) is 5.78 Å². The fourth-order valence-electron chi connectivity index (χ4n) is 3.47. The largest absolute Gasteiger partial charge is 0.468 e. The van der Waals surface area contributed by atoms with Gasteiger partial charge in [-0.3, -0.25) is 14.5 Å². The lowest BCUT2D eigenvalue weighted by Crippen LogP contribution is -2.62. The van der Waals surface area contributed by atoms with Crippen molar-refractivity contribution in [3.63, 3.8) is 0 Å². The molecule has 0 radical (unpaired) electrons. The summed E-state index contributed by atoms with van der Waals surface area (Å²) in [5, 5.41) is 0. The predicted molar refractivity (Wildman–Crippen MR) is 74.6 cm³/mol. The molecule has 0 spiro atoms. The first-order chi connectivity index (χ1) is 9.60. The Labute approximate surface area is 124 Å². The zero-order valence-corrected chi connectivity index (χ0v) is 13.3. The summed E-state index contributed by atoms with van der Waals surface area (Å²) in [6, 6.07) is -0.182. The van der Waals surface area contributed by atoms with Crippen LogP contribution in [-0.4, -0.2) is 47.0 Å². The highest BCUT2D eigenvalue weighted by atomic mass is 16.6. The molecule has 0 aliphatic carbocycles. The molecule has 6 heteroatoms. The third kappa shape index (κ3) is 2.63. The van der Waals surface area contributed by atoms with Crippen molar-refractivity contribution < 1.29 is 23.9 Å². The molecule has 2 aliphatic heterocycles. The lowest BCUT2D eigenvalue weighted by molar-refractivity contribution is -0.158. The lowest BCUT2D eigenvalue weighted by Gasteiger charge is -2.45. The smallest absolute Gasteiger partial charge is 0.411 e. The highest BCUT2D eigenvalue weighted by Crippen LogP contribution is 2.46. The first-order valence-electron chi connectivity index (χ1n) is 7.23. The van der Waals surface area contributed by atoms with Crippen LogP contribution in [0.2, 0.25) is 0 Å². The number of hydrogen-bond donors (Lipinski definition) is 0. The summed E-state index contributed by atoms with van der Waals surface area (Å²) in [5.74, 6) is -1.64. The van der Waals surface area contributed by atoms with Gasteiger partial charge in [0.25, 0.3) is 0 Å². The Morgan fingerprint density at radius 3 is 2.48 bits per heavy atom. The van der Waals surface area contributed by atoms with Crippen LogP contribution in [0.25, 0.3) is 0 Å². The average molecular weight is 297 g/mol. The topological polar surface area (TPSA) is 72.9 Å². The van der Waals surface area contributed by atoms with Crippen molar-refractivity contribution in [3.05, 3.63) is 0 Å². The second kappa shape index (κ2) is 5.00. The van der Waals surface area contributed by atoms with E-state index in [-0.39, 0.29) is 18.2 Å². The maximum atomic E-state index is 12.5. The molecule has 2 heterocycles. The van der Waals surface area contributed by atoms with E-state index in [2.05, 4.69) is 0 Å². The Morgan fingerprint density at radius 2 is 1.95 bits per heavy atom. The van der Waals surface area contributed by atoms with E-state index in [0.29, 0.717) is 12.8 Å². The van der Waals surface area contributed by atoms with Crippen molar-refractivity contribution >= 4 is 17.8 Å². The summed E-state index contributed by atoms with van der Waals surface area (Å²) in [6.45, 7) is 7.15. The summed E-state index contributed by atoms with van der Waals surface area (Å²) in [7, 11) is 1.26. The standard InChI is InChI=1S/C15H23NO5/c1-14(2,3)21-13(19)16-9-6-7-15(16,4)11(10(17)8-9)12(18)20-5/h9,11H,6-8H2,1-5H3/t9-,11+,15+/m0/s1. The van der Waals surface area contributed by atoms with Gasteiger partial charge in [-0.1, -0.05) is 0 Å². The fourth-order valence-corrected chi connectivity index (χ4v) is 3.47. The lowest BCUT2D eigenvalue weighted by atomic mass is 9.78. The van der Waals surface area contributed by atoms with Gasteiger partial charge < -0.3 is 9.47 Å².